The third kappa shape index (κ3) is 2.27. The molecule has 1 aromatic rings. The molecule has 0 aliphatic carbocycles. The number of amides is 1. The zero-order valence-corrected chi connectivity index (χ0v) is 10.6. The average molecular weight is 244 g/mol. The Bertz CT molecular complexity index is 418. The molecule has 2 saturated heterocycles. The van der Waals surface area contributed by atoms with E-state index in [1.54, 1.807) is 0 Å². The number of benzene rings is 1. The average Bonchev–Trinajstić information content (AvgIpc) is 2.80. The normalized spacial score (nSPS) is 28.0. The molecule has 0 aromatic heterocycles. The van der Waals surface area contributed by atoms with Gasteiger partial charge >= 0.3 is 0 Å². The van der Waals surface area contributed by atoms with Gasteiger partial charge in [0.2, 0.25) is 5.91 Å². The highest BCUT2D eigenvalue weighted by atomic mass is 16.2. The maximum absolute atomic E-state index is 12.3. The maximum atomic E-state index is 12.3. The van der Waals surface area contributed by atoms with Gasteiger partial charge in [-0.05, 0) is 24.3 Å². The minimum atomic E-state index is 0.329. The monoisotopic (exact) mass is 244 g/mol. The van der Waals surface area contributed by atoms with Crippen molar-refractivity contribution in [3.63, 3.8) is 0 Å². The fraction of sp³-hybridized carbons (Fsp3) is 0.533. The topological polar surface area (TPSA) is 32.3 Å². The van der Waals surface area contributed by atoms with Crippen LogP contribution >= 0.6 is 0 Å². The van der Waals surface area contributed by atoms with E-state index in [1.807, 2.05) is 18.2 Å². The summed E-state index contributed by atoms with van der Waals surface area (Å²) in [7, 11) is 0. The van der Waals surface area contributed by atoms with Gasteiger partial charge in [-0.3, -0.25) is 4.79 Å². The van der Waals surface area contributed by atoms with Crippen molar-refractivity contribution in [2.75, 3.05) is 13.1 Å². The molecular weight excluding hydrogens is 224 g/mol. The van der Waals surface area contributed by atoms with Gasteiger partial charge in [-0.25, -0.2) is 0 Å². The molecule has 3 nitrogen and oxygen atoms in total. The van der Waals surface area contributed by atoms with E-state index in [-0.39, 0.29) is 0 Å². The van der Waals surface area contributed by atoms with Crippen molar-refractivity contribution in [1.29, 1.82) is 0 Å². The van der Waals surface area contributed by atoms with Crippen LogP contribution in [0.25, 0.3) is 0 Å². The molecule has 2 aliphatic heterocycles. The summed E-state index contributed by atoms with van der Waals surface area (Å²) in [5.41, 5.74) is 1.23. The molecule has 2 aliphatic rings. The van der Waals surface area contributed by atoms with Crippen LogP contribution in [0.1, 0.15) is 24.8 Å². The first-order chi connectivity index (χ1) is 8.84. The van der Waals surface area contributed by atoms with Crippen molar-refractivity contribution >= 4 is 5.91 Å². The number of carbonyl (C=O) groups excluding carboxylic acids is 1. The number of nitrogens with zero attached hydrogens (tertiary/aromatic N) is 1. The fourth-order valence-corrected chi connectivity index (χ4v) is 3.21. The second-order valence-corrected chi connectivity index (χ2v) is 5.39. The van der Waals surface area contributed by atoms with Gasteiger partial charge in [-0.1, -0.05) is 30.3 Å². The highest BCUT2D eigenvalue weighted by Crippen LogP contribution is 2.27. The minimum absolute atomic E-state index is 0.329. The molecule has 96 valence electrons. The lowest BCUT2D eigenvalue weighted by molar-refractivity contribution is -0.133. The molecule has 2 fully saturated rings. The number of hydrogen-bond acceptors (Lipinski definition) is 2. The highest BCUT2D eigenvalue weighted by molar-refractivity contribution is 5.77. The smallest absolute Gasteiger partial charge is 0.223 e. The van der Waals surface area contributed by atoms with E-state index in [2.05, 4.69) is 22.3 Å². The van der Waals surface area contributed by atoms with Crippen LogP contribution < -0.4 is 5.32 Å². The Balaban J connectivity index is 1.80. The van der Waals surface area contributed by atoms with Crippen LogP contribution in [-0.4, -0.2) is 29.9 Å². The molecule has 0 bridgehead atoms. The van der Waals surface area contributed by atoms with Crippen LogP contribution in [0.3, 0.4) is 0 Å². The maximum Gasteiger partial charge on any atom is 0.223 e. The van der Waals surface area contributed by atoms with Gasteiger partial charge in [0.1, 0.15) is 0 Å². The van der Waals surface area contributed by atoms with Gasteiger partial charge in [0.25, 0.3) is 0 Å². The van der Waals surface area contributed by atoms with Crippen molar-refractivity contribution in [3.05, 3.63) is 35.9 Å². The number of hydrogen-bond donors (Lipinski definition) is 1. The van der Waals surface area contributed by atoms with Crippen molar-refractivity contribution in [3.8, 4) is 0 Å². The van der Waals surface area contributed by atoms with E-state index in [1.165, 1.54) is 12.0 Å². The summed E-state index contributed by atoms with van der Waals surface area (Å²) >= 11 is 0. The first-order valence-electron chi connectivity index (χ1n) is 6.89. The summed E-state index contributed by atoms with van der Waals surface area (Å²) in [5, 5.41) is 3.43. The zero-order valence-electron chi connectivity index (χ0n) is 10.6. The SMILES string of the molecule is O=C1CCCC2CNCC2N1Cc1ccccc1. The molecule has 1 N–H and O–H groups in total. The predicted molar refractivity (Wildman–Crippen MR) is 71.0 cm³/mol. The van der Waals surface area contributed by atoms with E-state index in [0.717, 1.165) is 32.5 Å². The molecule has 0 spiro atoms. The van der Waals surface area contributed by atoms with Crippen LogP contribution in [0, 0.1) is 5.92 Å². The summed E-state index contributed by atoms with van der Waals surface area (Å²) in [4.78, 5) is 14.4. The van der Waals surface area contributed by atoms with Gasteiger partial charge in [0, 0.05) is 32.1 Å². The van der Waals surface area contributed by atoms with Gasteiger partial charge < -0.3 is 10.2 Å². The van der Waals surface area contributed by atoms with Gasteiger partial charge in [0.15, 0.2) is 0 Å². The molecule has 1 aromatic carbocycles. The molecule has 2 unspecified atom stereocenters. The quantitative estimate of drug-likeness (QED) is 0.860. The van der Waals surface area contributed by atoms with Crippen LogP contribution in [-0.2, 0) is 11.3 Å². The Morgan fingerprint density at radius 1 is 1.22 bits per heavy atom. The third-order valence-electron chi connectivity index (χ3n) is 4.19. The fourth-order valence-electron chi connectivity index (χ4n) is 3.21. The Kier molecular flexibility index (Phi) is 3.33. The van der Waals surface area contributed by atoms with Crippen LogP contribution in [0.2, 0.25) is 0 Å². The van der Waals surface area contributed by atoms with Gasteiger partial charge in [0.05, 0.1) is 0 Å². The van der Waals surface area contributed by atoms with Crippen molar-refractivity contribution < 1.29 is 4.79 Å². The Hall–Kier alpha value is -1.35. The molecule has 3 rings (SSSR count). The Labute approximate surface area is 108 Å². The predicted octanol–water partition coefficient (Wildman–Crippen LogP) is 1.79. The molecule has 0 saturated carbocycles. The highest BCUT2D eigenvalue weighted by Gasteiger charge is 2.36. The first kappa shape index (κ1) is 11.7. The summed E-state index contributed by atoms with van der Waals surface area (Å²) in [5.74, 6) is 0.982. The summed E-state index contributed by atoms with van der Waals surface area (Å²) in [6.07, 6.45) is 2.96. The molecule has 2 atom stereocenters. The number of likely N-dealkylation sites (tertiary alicyclic amines) is 1. The lowest BCUT2D eigenvalue weighted by Crippen LogP contribution is -2.42. The van der Waals surface area contributed by atoms with Crippen LogP contribution in [0.5, 0.6) is 0 Å². The second kappa shape index (κ2) is 5.11. The molecule has 0 radical (unpaired) electrons. The summed E-state index contributed by atoms with van der Waals surface area (Å²) in [6.45, 7) is 2.80. The molecule has 2 heterocycles. The third-order valence-corrected chi connectivity index (χ3v) is 4.19. The van der Waals surface area contributed by atoms with E-state index >= 15 is 0 Å². The van der Waals surface area contributed by atoms with Gasteiger partial charge in [-0.15, -0.1) is 0 Å². The number of fused-ring (bicyclic) bond motifs is 1. The van der Waals surface area contributed by atoms with E-state index in [9.17, 15) is 4.79 Å². The largest absolute Gasteiger partial charge is 0.334 e. The van der Waals surface area contributed by atoms with E-state index in [4.69, 9.17) is 0 Å². The summed E-state index contributed by atoms with van der Waals surface area (Å²) in [6, 6.07) is 10.7. The molecular formula is C15H20N2O. The Morgan fingerprint density at radius 3 is 2.89 bits per heavy atom. The van der Waals surface area contributed by atoms with Crippen LogP contribution in [0.15, 0.2) is 30.3 Å². The molecule has 18 heavy (non-hydrogen) atoms. The van der Waals surface area contributed by atoms with Crippen molar-refractivity contribution in [2.24, 2.45) is 5.92 Å². The number of rotatable bonds is 2. The van der Waals surface area contributed by atoms with E-state index in [0.29, 0.717) is 17.9 Å². The number of carbonyl (C=O) groups is 1. The van der Waals surface area contributed by atoms with Crippen LogP contribution in [0.4, 0.5) is 0 Å². The first-order valence-corrected chi connectivity index (χ1v) is 6.89. The molecule has 1 amide bonds. The Morgan fingerprint density at radius 2 is 2.06 bits per heavy atom. The summed E-state index contributed by atoms with van der Waals surface area (Å²) < 4.78 is 0. The van der Waals surface area contributed by atoms with Crippen molar-refractivity contribution in [1.82, 2.24) is 10.2 Å². The van der Waals surface area contributed by atoms with Crippen molar-refractivity contribution in [2.45, 2.75) is 31.8 Å². The minimum Gasteiger partial charge on any atom is -0.334 e. The molecule has 3 heteroatoms. The second-order valence-electron chi connectivity index (χ2n) is 5.39. The lowest BCUT2D eigenvalue weighted by Gasteiger charge is -2.30. The zero-order chi connectivity index (χ0) is 12.4. The standard InChI is InChI=1S/C15H20N2O/c18-15-8-4-7-13-9-16-10-14(13)17(15)11-12-5-2-1-3-6-12/h1-3,5-6,13-14,16H,4,7-11H2. The lowest BCUT2D eigenvalue weighted by atomic mass is 9.98. The van der Waals surface area contributed by atoms with Gasteiger partial charge in [-0.2, -0.15) is 0 Å². The number of nitrogens with one attached hydrogen (secondary N) is 1. The van der Waals surface area contributed by atoms with E-state index < -0.39 is 0 Å².